The van der Waals surface area contributed by atoms with Gasteiger partial charge in [-0.15, -0.1) is 0 Å². The first-order valence-corrected chi connectivity index (χ1v) is 9.26. The Morgan fingerprint density at radius 3 is 2.88 bits per heavy atom. The topological polar surface area (TPSA) is 94.4 Å². The molecule has 2 aromatic rings. The zero-order chi connectivity index (χ0) is 18.1. The largest absolute Gasteiger partial charge is 0.477 e. The monoisotopic (exact) mass is 352 g/mol. The number of aliphatic hydroxyl groups is 1. The van der Waals surface area contributed by atoms with E-state index in [0.29, 0.717) is 30.3 Å². The van der Waals surface area contributed by atoms with Gasteiger partial charge in [-0.05, 0) is 37.5 Å². The van der Waals surface area contributed by atoms with E-state index < -0.39 is 6.04 Å². The van der Waals surface area contributed by atoms with Crippen LogP contribution in [0.5, 0.6) is 0 Å². The van der Waals surface area contributed by atoms with Gasteiger partial charge < -0.3 is 20.2 Å². The molecule has 1 aromatic carbocycles. The van der Waals surface area contributed by atoms with Crippen molar-refractivity contribution in [2.45, 2.75) is 57.3 Å². The van der Waals surface area contributed by atoms with Crippen molar-refractivity contribution < 1.29 is 9.84 Å². The van der Waals surface area contributed by atoms with Gasteiger partial charge in [-0.1, -0.05) is 24.6 Å². The molecule has 1 aliphatic heterocycles. The van der Waals surface area contributed by atoms with E-state index in [4.69, 9.17) is 15.1 Å². The Hall–Kier alpha value is -2.47. The van der Waals surface area contributed by atoms with Crippen LogP contribution in [-0.4, -0.2) is 38.9 Å². The van der Waals surface area contributed by atoms with E-state index in [0.717, 1.165) is 35.9 Å². The molecule has 3 atom stereocenters. The maximum atomic E-state index is 9.76. The summed E-state index contributed by atoms with van der Waals surface area (Å²) in [5.74, 6) is 1.31. The maximum Gasteiger partial charge on any atom is 0.188 e. The second-order valence-electron chi connectivity index (χ2n) is 7.06. The lowest BCUT2D eigenvalue weighted by molar-refractivity contribution is 0.142. The molecule has 0 radical (unpaired) electrons. The first-order valence-electron chi connectivity index (χ1n) is 9.26. The number of H-pyrrole nitrogens is 1. The standard InChI is InChI=1S/C20H24N4O2/c1-2-12-9-15(21)19(20-22-16-5-3-4-6-17(16)23-20)24-18(10-12)26-14-8-7-13(25)11-14/h3-6,9,13-14,19,21,25H,2,7-8,10-11H2,1H3,(H,22,23). The summed E-state index contributed by atoms with van der Waals surface area (Å²) in [6.45, 7) is 2.08. The van der Waals surface area contributed by atoms with Crippen molar-refractivity contribution >= 4 is 22.6 Å². The molecular weight excluding hydrogens is 328 g/mol. The van der Waals surface area contributed by atoms with Gasteiger partial charge in [-0.3, -0.25) is 0 Å². The fourth-order valence-electron chi connectivity index (χ4n) is 3.63. The summed E-state index contributed by atoms with van der Waals surface area (Å²) >= 11 is 0. The summed E-state index contributed by atoms with van der Waals surface area (Å²) in [6.07, 6.45) is 5.36. The predicted octanol–water partition coefficient (Wildman–Crippen LogP) is 3.69. The number of rotatable bonds is 3. The molecule has 0 amide bonds. The SMILES string of the molecule is CCC1=CC(=N)C(c2nc3ccccc3[nH]2)N=C(OC2CCC(O)C2)C1. The number of nitrogens with zero attached hydrogens (tertiary/aromatic N) is 2. The second-order valence-corrected chi connectivity index (χ2v) is 7.06. The van der Waals surface area contributed by atoms with Crippen LogP contribution in [0, 0.1) is 5.41 Å². The van der Waals surface area contributed by atoms with E-state index in [-0.39, 0.29) is 12.2 Å². The molecule has 3 unspecified atom stereocenters. The average Bonchev–Trinajstić information content (AvgIpc) is 3.20. The molecule has 0 bridgehead atoms. The van der Waals surface area contributed by atoms with Crippen molar-refractivity contribution in [2.24, 2.45) is 4.99 Å². The smallest absolute Gasteiger partial charge is 0.188 e. The van der Waals surface area contributed by atoms with Gasteiger partial charge in [0.25, 0.3) is 0 Å². The number of aliphatic hydroxyl groups excluding tert-OH is 1. The maximum absolute atomic E-state index is 9.76. The van der Waals surface area contributed by atoms with Crippen LogP contribution in [0.25, 0.3) is 11.0 Å². The molecule has 26 heavy (non-hydrogen) atoms. The molecule has 1 fully saturated rings. The fraction of sp³-hybridized carbons (Fsp3) is 0.450. The van der Waals surface area contributed by atoms with E-state index in [1.165, 1.54) is 0 Å². The number of hydrogen-bond donors (Lipinski definition) is 3. The Balaban J connectivity index is 1.67. The fourth-order valence-corrected chi connectivity index (χ4v) is 3.63. The zero-order valence-electron chi connectivity index (χ0n) is 14.9. The van der Waals surface area contributed by atoms with E-state index in [9.17, 15) is 5.11 Å². The van der Waals surface area contributed by atoms with Crippen LogP contribution >= 0.6 is 0 Å². The normalized spacial score (nSPS) is 26.5. The summed E-state index contributed by atoms with van der Waals surface area (Å²) in [6, 6.07) is 7.34. The van der Waals surface area contributed by atoms with Crippen LogP contribution in [0.15, 0.2) is 40.9 Å². The van der Waals surface area contributed by atoms with Crippen molar-refractivity contribution in [3.63, 3.8) is 0 Å². The number of imidazole rings is 1. The Morgan fingerprint density at radius 2 is 2.15 bits per heavy atom. The van der Waals surface area contributed by atoms with Crippen LogP contribution < -0.4 is 0 Å². The van der Waals surface area contributed by atoms with Crippen LogP contribution in [0.3, 0.4) is 0 Å². The molecule has 136 valence electrons. The molecule has 0 saturated heterocycles. The lowest BCUT2D eigenvalue weighted by atomic mass is 10.1. The first kappa shape index (κ1) is 17.0. The highest BCUT2D eigenvalue weighted by molar-refractivity contribution is 6.01. The summed E-state index contributed by atoms with van der Waals surface area (Å²) in [5.41, 5.74) is 3.36. The van der Waals surface area contributed by atoms with Gasteiger partial charge in [0, 0.05) is 12.8 Å². The van der Waals surface area contributed by atoms with Gasteiger partial charge in [0.1, 0.15) is 11.9 Å². The van der Waals surface area contributed by atoms with Crippen molar-refractivity contribution in [1.82, 2.24) is 9.97 Å². The molecule has 0 spiro atoms. The van der Waals surface area contributed by atoms with Crippen LogP contribution in [0.2, 0.25) is 0 Å². The third-order valence-electron chi connectivity index (χ3n) is 5.09. The van der Waals surface area contributed by atoms with Gasteiger partial charge in [0.15, 0.2) is 11.9 Å². The molecule has 6 heteroatoms. The Kier molecular flexibility index (Phi) is 4.59. The molecule has 2 heterocycles. The minimum atomic E-state index is -0.493. The number of nitrogens with one attached hydrogen (secondary N) is 2. The molecule has 1 aliphatic carbocycles. The van der Waals surface area contributed by atoms with E-state index in [1.54, 1.807) is 0 Å². The number of ether oxygens (including phenoxy) is 1. The van der Waals surface area contributed by atoms with Crippen molar-refractivity contribution in [1.29, 1.82) is 5.41 Å². The second kappa shape index (κ2) is 7.03. The van der Waals surface area contributed by atoms with Gasteiger partial charge in [-0.25, -0.2) is 9.98 Å². The first-order chi connectivity index (χ1) is 12.6. The molecule has 4 rings (SSSR count). The highest BCUT2D eigenvalue weighted by Crippen LogP contribution is 2.28. The molecule has 1 aromatic heterocycles. The van der Waals surface area contributed by atoms with Crippen molar-refractivity contribution in [3.8, 4) is 0 Å². The van der Waals surface area contributed by atoms with Gasteiger partial charge in [-0.2, -0.15) is 0 Å². The number of benzene rings is 1. The molecular formula is C20H24N4O2. The highest BCUT2D eigenvalue weighted by Gasteiger charge is 2.28. The number of aromatic amines is 1. The predicted molar refractivity (Wildman–Crippen MR) is 102 cm³/mol. The van der Waals surface area contributed by atoms with Gasteiger partial charge in [0.05, 0.1) is 22.8 Å². The number of aliphatic imine (C=N–C) groups is 1. The zero-order valence-corrected chi connectivity index (χ0v) is 14.9. The minimum Gasteiger partial charge on any atom is -0.477 e. The molecule has 3 N–H and O–H groups in total. The molecule has 2 aliphatic rings. The summed E-state index contributed by atoms with van der Waals surface area (Å²) in [5, 5.41) is 18.3. The van der Waals surface area contributed by atoms with Gasteiger partial charge >= 0.3 is 0 Å². The van der Waals surface area contributed by atoms with E-state index >= 15 is 0 Å². The summed E-state index contributed by atoms with van der Waals surface area (Å²) in [7, 11) is 0. The minimum absolute atomic E-state index is 0.00506. The van der Waals surface area contributed by atoms with Crippen LogP contribution in [0.4, 0.5) is 0 Å². The number of para-hydroxylation sites is 2. The quantitative estimate of drug-likeness (QED) is 0.786. The Morgan fingerprint density at radius 1 is 1.31 bits per heavy atom. The van der Waals surface area contributed by atoms with Crippen molar-refractivity contribution in [3.05, 3.63) is 41.7 Å². The Bertz CT molecular complexity index is 850. The number of hydrogen-bond acceptors (Lipinski definition) is 5. The number of aromatic nitrogens is 2. The van der Waals surface area contributed by atoms with Crippen LogP contribution in [-0.2, 0) is 4.74 Å². The molecule has 6 nitrogen and oxygen atoms in total. The van der Waals surface area contributed by atoms with Gasteiger partial charge in [0.2, 0.25) is 0 Å². The Labute approximate surface area is 152 Å². The third kappa shape index (κ3) is 3.42. The molecule has 1 saturated carbocycles. The van der Waals surface area contributed by atoms with Crippen molar-refractivity contribution in [2.75, 3.05) is 0 Å². The summed E-state index contributed by atoms with van der Waals surface area (Å²) in [4.78, 5) is 12.7. The van der Waals surface area contributed by atoms with Crippen LogP contribution in [0.1, 0.15) is 50.9 Å². The van der Waals surface area contributed by atoms with E-state index in [1.807, 2.05) is 30.3 Å². The summed E-state index contributed by atoms with van der Waals surface area (Å²) < 4.78 is 6.12. The average molecular weight is 352 g/mol. The third-order valence-corrected chi connectivity index (χ3v) is 5.09. The van der Waals surface area contributed by atoms with E-state index in [2.05, 4.69) is 16.9 Å². The highest BCUT2D eigenvalue weighted by atomic mass is 16.5. The number of fused-ring (bicyclic) bond motifs is 1. The lowest BCUT2D eigenvalue weighted by Gasteiger charge is -2.16. The lowest BCUT2D eigenvalue weighted by Crippen LogP contribution is -2.18.